The summed E-state index contributed by atoms with van der Waals surface area (Å²) in [5, 5.41) is 13.0. The van der Waals surface area contributed by atoms with E-state index in [0.717, 1.165) is 32.1 Å². The Morgan fingerprint density at radius 2 is 1.24 bits per heavy atom. The Balaban J connectivity index is 0. The van der Waals surface area contributed by atoms with Crippen molar-refractivity contribution in [1.82, 2.24) is 5.32 Å². The summed E-state index contributed by atoms with van der Waals surface area (Å²) < 4.78 is 0. The van der Waals surface area contributed by atoms with Gasteiger partial charge in [-0.15, -0.1) is 0 Å². The number of carboxylic acids is 1. The molecule has 0 rings (SSSR count). The number of nitrogens with one attached hydrogen (secondary N) is 1. The fraction of sp³-hybridized carbons (Fsp3) is 0.875. The molecule has 0 fully saturated rings. The van der Waals surface area contributed by atoms with Gasteiger partial charge in [-0.25, -0.2) is 0 Å². The number of aldehydes is 1. The van der Waals surface area contributed by atoms with Crippen molar-refractivity contribution in [2.24, 2.45) is 0 Å². The molecule has 0 aromatic carbocycles. The van der Waals surface area contributed by atoms with Crippen LogP contribution in [0.3, 0.4) is 0 Å². The third-order valence-electron chi connectivity index (χ3n) is 3.44. The summed E-state index contributed by atoms with van der Waals surface area (Å²) in [6.45, 7) is 0.738. The number of unbranched alkanes of at least 4 members (excludes halogenated alkanes) is 11. The van der Waals surface area contributed by atoms with Crippen LogP contribution in [-0.4, -0.2) is 25.3 Å². The Kier molecular flexibility index (Phi) is 22.4. The van der Waals surface area contributed by atoms with Gasteiger partial charge in [-0.3, -0.25) is 0 Å². The number of rotatable bonds is 16. The second-order valence-corrected chi connectivity index (χ2v) is 5.39. The first-order chi connectivity index (χ1) is 9.77. The quantitative estimate of drug-likeness (QED) is 0.230. The average Bonchev–Trinajstić information content (AvgIpc) is 2.43. The predicted octanol–water partition coefficient (Wildman–Crippen LogP) is -0.790. The van der Waals surface area contributed by atoms with E-state index < -0.39 is 5.97 Å². The van der Waals surface area contributed by atoms with Gasteiger partial charge in [0, 0.05) is 13.0 Å². The third kappa shape index (κ3) is 22.5. The van der Waals surface area contributed by atoms with Crippen molar-refractivity contribution in [2.45, 2.75) is 77.0 Å². The molecule has 0 saturated heterocycles. The van der Waals surface area contributed by atoms with Gasteiger partial charge in [0.25, 0.3) is 0 Å². The molecule has 0 heterocycles. The Morgan fingerprint density at radius 3 is 1.67 bits per heavy atom. The van der Waals surface area contributed by atoms with Crippen molar-refractivity contribution >= 4 is 12.3 Å². The predicted molar refractivity (Wildman–Crippen MR) is 79.3 cm³/mol. The molecule has 5 heteroatoms. The van der Waals surface area contributed by atoms with Crippen LogP contribution < -0.4 is 40.0 Å². The number of hydrogen-bond acceptors (Lipinski definition) is 4. The number of aliphatic carboxylic acids is 1. The van der Waals surface area contributed by atoms with E-state index in [9.17, 15) is 14.7 Å². The van der Waals surface area contributed by atoms with E-state index in [1.807, 2.05) is 0 Å². The summed E-state index contributed by atoms with van der Waals surface area (Å²) in [5.41, 5.74) is 0. The number of carbonyl (C=O) groups is 2. The fourth-order valence-corrected chi connectivity index (χ4v) is 2.26. The molecule has 0 spiro atoms. The molecule has 0 amide bonds. The first-order valence-electron chi connectivity index (χ1n) is 8.11. The summed E-state index contributed by atoms with van der Waals surface area (Å²) >= 11 is 0. The Labute approximate surface area is 151 Å². The van der Waals surface area contributed by atoms with Gasteiger partial charge < -0.3 is 20.0 Å². The molecular formula is C16H30NNaO3. The van der Waals surface area contributed by atoms with E-state index in [1.165, 1.54) is 57.8 Å². The number of hydrogen-bond donors (Lipinski definition) is 1. The molecule has 0 aliphatic rings. The minimum Gasteiger partial charge on any atom is -0.549 e. The van der Waals surface area contributed by atoms with Crippen molar-refractivity contribution in [3.63, 3.8) is 0 Å². The molecule has 0 aromatic heterocycles. The van der Waals surface area contributed by atoms with Crippen LogP contribution in [0.25, 0.3) is 0 Å². The zero-order chi connectivity index (χ0) is 14.9. The largest absolute Gasteiger partial charge is 1.00 e. The molecule has 0 saturated carbocycles. The van der Waals surface area contributed by atoms with Crippen molar-refractivity contribution < 1.29 is 44.3 Å². The summed E-state index contributed by atoms with van der Waals surface area (Å²) in [4.78, 5) is 20.3. The van der Waals surface area contributed by atoms with E-state index in [-0.39, 0.29) is 36.1 Å². The van der Waals surface area contributed by atoms with E-state index in [4.69, 9.17) is 0 Å². The van der Waals surface area contributed by atoms with E-state index >= 15 is 0 Å². The molecular weight excluding hydrogens is 277 g/mol. The Morgan fingerprint density at radius 1 is 0.810 bits per heavy atom. The van der Waals surface area contributed by atoms with Gasteiger partial charge >= 0.3 is 29.6 Å². The normalized spacial score (nSPS) is 10.1. The van der Waals surface area contributed by atoms with Gasteiger partial charge in [0.1, 0.15) is 6.29 Å². The van der Waals surface area contributed by atoms with Crippen molar-refractivity contribution in [3.05, 3.63) is 0 Å². The van der Waals surface area contributed by atoms with Crippen molar-refractivity contribution in [3.8, 4) is 0 Å². The van der Waals surface area contributed by atoms with Crippen LogP contribution in [-0.2, 0) is 9.59 Å². The van der Waals surface area contributed by atoms with Crippen LogP contribution in [0.5, 0.6) is 0 Å². The van der Waals surface area contributed by atoms with E-state index in [0.29, 0.717) is 0 Å². The van der Waals surface area contributed by atoms with Crippen LogP contribution in [0.15, 0.2) is 0 Å². The maximum Gasteiger partial charge on any atom is 1.00 e. The molecule has 4 nitrogen and oxygen atoms in total. The van der Waals surface area contributed by atoms with E-state index in [1.54, 1.807) is 0 Å². The average molecular weight is 307 g/mol. The van der Waals surface area contributed by atoms with E-state index in [2.05, 4.69) is 5.32 Å². The van der Waals surface area contributed by atoms with Crippen LogP contribution in [0.1, 0.15) is 77.0 Å². The summed E-state index contributed by atoms with van der Waals surface area (Å²) in [6, 6.07) is 0. The summed E-state index contributed by atoms with van der Waals surface area (Å²) in [7, 11) is 0. The first kappa shape index (κ1) is 23.4. The third-order valence-corrected chi connectivity index (χ3v) is 3.44. The molecule has 0 bridgehead atoms. The van der Waals surface area contributed by atoms with Crippen LogP contribution >= 0.6 is 0 Å². The number of carbonyl (C=O) groups excluding carboxylic acids is 2. The van der Waals surface area contributed by atoms with Gasteiger partial charge in [0.15, 0.2) is 0 Å². The zero-order valence-electron chi connectivity index (χ0n) is 13.7. The smallest absolute Gasteiger partial charge is 0.549 e. The molecule has 0 atom stereocenters. The second kappa shape index (κ2) is 20.1. The van der Waals surface area contributed by atoms with Crippen molar-refractivity contribution in [2.75, 3.05) is 13.1 Å². The van der Waals surface area contributed by atoms with Gasteiger partial charge in [0.05, 0.1) is 5.97 Å². The molecule has 0 aliphatic carbocycles. The maximum absolute atomic E-state index is 10.1. The molecule has 0 aliphatic heterocycles. The van der Waals surface area contributed by atoms with Gasteiger partial charge in [-0.2, -0.15) is 0 Å². The Hall–Kier alpha value is 0.100. The minimum absolute atomic E-state index is 0. The van der Waals surface area contributed by atoms with Gasteiger partial charge in [0.2, 0.25) is 0 Å². The summed E-state index contributed by atoms with van der Waals surface area (Å²) in [6.07, 6.45) is 15.2. The molecule has 0 radical (unpaired) electrons. The van der Waals surface area contributed by atoms with Crippen LogP contribution in [0, 0.1) is 0 Å². The van der Waals surface area contributed by atoms with Crippen molar-refractivity contribution in [1.29, 1.82) is 0 Å². The van der Waals surface area contributed by atoms with Gasteiger partial charge in [-0.1, -0.05) is 57.8 Å². The minimum atomic E-state index is -1.03. The SMILES string of the molecule is O=CCCCCCCCCCCCCCNCC(=O)[O-].[Na+]. The second-order valence-electron chi connectivity index (χ2n) is 5.39. The molecule has 1 N–H and O–H groups in total. The molecule has 118 valence electrons. The first-order valence-corrected chi connectivity index (χ1v) is 8.11. The monoisotopic (exact) mass is 307 g/mol. The molecule has 0 unspecified atom stereocenters. The summed E-state index contributed by atoms with van der Waals surface area (Å²) in [5.74, 6) is -1.03. The van der Waals surface area contributed by atoms with Crippen LogP contribution in [0.4, 0.5) is 0 Å². The maximum atomic E-state index is 10.1. The zero-order valence-corrected chi connectivity index (χ0v) is 15.7. The van der Waals surface area contributed by atoms with Gasteiger partial charge in [-0.05, 0) is 19.4 Å². The molecule has 0 aromatic rings. The standard InChI is InChI=1S/C16H31NO3.Na/c18-14-12-10-8-6-4-2-1-3-5-7-9-11-13-17-15-16(19)20;/h14,17H,1-13,15H2,(H,19,20);/q;+1/p-1. The fourth-order valence-electron chi connectivity index (χ4n) is 2.26. The molecule has 21 heavy (non-hydrogen) atoms. The van der Waals surface area contributed by atoms with Crippen LogP contribution in [0.2, 0.25) is 0 Å². The number of carboxylic acid groups (broad SMARTS) is 1. The topological polar surface area (TPSA) is 69.2 Å². The Bertz CT molecular complexity index is 238.